The van der Waals surface area contributed by atoms with Gasteiger partial charge < -0.3 is 10.1 Å². The number of halogens is 2. The van der Waals surface area contributed by atoms with Gasteiger partial charge in [-0.1, -0.05) is 29.3 Å². The number of anilines is 1. The van der Waals surface area contributed by atoms with Crippen LogP contribution >= 0.6 is 34.5 Å². The number of hydrogen-bond acceptors (Lipinski definition) is 4. The van der Waals surface area contributed by atoms with Gasteiger partial charge in [0.25, 0.3) is 5.91 Å². The second-order valence-electron chi connectivity index (χ2n) is 4.37. The summed E-state index contributed by atoms with van der Waals surface area (Å²) in [6, 6.07) is 8.78. The number of pyridine rings is 1. The number of nitrogens with one attached hydrogen (secondary N) is 1. The van der Waals surface area contributed by atoms with Crippen molar-refractivity contribution >= 4 is 56.3 Å². The van der Waals surface area contributed by atoms with E-state index in [-0.39, 0.29) is 5.91 Å². The van der Waals surface area contributed by atoms with E-state index in [4.69, 9.17) is 27.9 Å². The summed E-state index contributed by atoms with van der Waals surface area (Å²) >= 11 is 13.8. The largest absolute Gasteiger partial charge is 0.495 e. The average molecular weight is 353 g/mol. The highest BCUT2D eigenvalue weighted by Gasteiger charge is 2.20. The van der Waals surface area contributed by atoms with Crippen LogP contribution in [0.4, 0.5) is 5.82 Å². The maximum Gasteiger partial charge on any atom is 0.268 e. The molecule has 0 bridgehead atoms. The number of thiophene rings is 1. The van der Waals surface area contributed by atoms with Crippen LogP contribution in [0.15, 0.2) is 36.5 Å². The van der Waals surface area contributed by atoms with Crippen LogP contribution < -0.4 is 10.1 Å². The first-order chi connectivity index (χ1) is 10.6. The fourth-order valence-corrected chi connectivity index (χ4v) is 3.78. The molecule has 1 amide bonds. The molecular formula is C15H10Cl2N2O2S. The Bertz CT molecular complexity index is 850. The van der Waals surface area contributed by atoms with Crippen LogP contribution in [-0.2, 0) is 0 Å². The average Bonchev–Trinajstić information content (AvgIpc) is 2.87. The first-order valence-corrected chi connectivity index (χ1v) is 7.86. The van der Waals surface area contributed by atoms with Crippen molar-refractivity contribution < 1.29 is 9.53 Å². The third kappa shape index (κ3) is 2.63. The maximum absolute atomic E-state index is 12.4. The Labute approximate surface area is 140 Å². The lowest BCUT2D eigenvalue weighted by atomic mass is 10.2. The predicted octanol–water partition coefficient (Wildman–Crippen LogP) is 4.86. The summed E-state index contributed by atoms with van der Waals surface area (Å²) in [5, 5.41) is 4.26. The van der Waals surface area contributed by atoms with Gasteiger partial charge in [-0.3, -0.25) is 4.79 Å². The van der Waals surface area contributed by atoms with Gasteiger partial charge in [-0.15, -0.1) is 11.3 Å². The number of aromatic nitrogens is 1. The molecule has 2 heterocycles. The molecular weight excluding hydrogens is 343 g/mol. The molecule has 0 aliphatic rings. The minimum absolute atomic E-state index is 0.320. The van der Waals surface area contributed by atoms with Crippen molar-refractivity contribution in [1.29, 1.82) is 0 Å². The van der Waals surface area contributed by atoms with Crippen molar-refractivity contribution in [3.63, 3.8) is 0 Å². The summed E-state index contributed by atoms with van der Waals surface area (Å²) < 4.78 is 5.90. The molecule has 112 valence electrons. The standard InChI is InChI=1S/C15H10Cl2N2O2S/c1-21-9-6-5-8-11(16)14(22-13(8)12(9)17)15(20)19-10-4-2-3-7-18-10/h2-7H,1H3,(H,18,19,20). The molecule has 0 fully saturated rings. The van der Waals surface area contributed by atoms with E-state index in [1.54, 1.807) is 36.5 Å². The normalized spacial score (nSPS) is 10.7. The van der Waals surface area contributed by atoms with E-state index in [1.165, 1.54) is 18.4 Å². The van der Waals surface area contributed by atoms with E-state index in [0.29, 0.717) is 26.5 Å². The van der Waals surface area contributed by atoms with Crippen molar-refractivity contribution in [2.24, 2.45) is 0 Å². The first kappa shape index (κ1) is 15.1. The van der Waals surface area contributed by atoms with Gasteiger partial charge in [0.05, 0.1) is 16.8 Å². The van der Waals surface area contributed by atoms with Gasteiger partial charge in [0.15, 0.2) is 0 Å². The van der Waals surface area contributed by atoms with Crippen LogP contribution in [0.1, 0.15) is 9.67 Å². The molecule has 0 spiro atoms. The molecule has 3 aromatic rings. The summed E-state index contributed by atoms with van der Waals surface area (Å²) in [7, 11) is 1.54. The van der Waals surface area contributed by atoms with E-state index in [1.807, 2.05) is 0 Å². The number of amides is 1. The van der Waals surface area contributed by atoms with Gasteiger partial charge in [-0.25, -0.2) is 4.98 Å². The van der Waals surface area contributed by atoms with Crippen molar-refractivity contribution in [1.82, 2.24) is 4.98 Å². The fourth-order valence-electron chi connectivity index (χ4n) is 1.99. The number of nitrogens with zero attached hydrogens (tertiary/aromatic N) is 1. The van der Waals surface area contributed by atoms with Crippen molar-refractivity contribution in [2.45, 2.75) is 0 Å². The summed E-state index contributed by atoms with van der Waals surface area (Å²) in [6.07, 6.45) is 1.60. The highest BCUT2D eigenvalue weighted by Crippen LogP contribution is 2.43. The highest BCUT2D eigenvalue weighted by atomic mass is 35.5. The molecule has 0 radical (unpaired) electrons. The minimum atomic E-state index is -0.320. The monoisotopic (exact) mass is 352 g/mol. The van der Waals surface area contributed by atoms with Gasteiger partial charge in [-0.05, 0) is 24.3 Å². The van der Waals surface area contributed by atoms with Gasteiger partial charge >= 0.3 is 0 Å². The molecule has 1 N–H and O–H groups in total. The van der Waals surface area contributed by atoms with Gasteiger partial charge in [0.1, 0.15) is 21.5 Å². The molecule has 0 atom stereocenters. The number of ether oxygens (including phenoxy) is 1. The molecule has 3 rings (SSSR count). The van der Waals surface area contributed by atoms with E-state index in [0.717, 1.165) is 10.1 Å². The third-order valence-corrected chi connectivity index (χ3v) is 5.25. The molecule has 0 saturated carbocycles. The Hall–Kier alpha value is -1.82. The van der Waals surface area contributed by atoms with Crippen LogP contribution in [0.2, 0.25) is 10.0 Å². The zero-order valence-electron chi connectivity index (χ0n) is 11.4. The number of carbonyl (C=O) groups is 1. The number of benzene rings is 1. The Kier molecular flexibility index (Phi) is 4.20. The summed E-state index contributed by atoms with van der Waals surface area (Å²) in [4.78, 5) is 16.8. The topological polar surface area (TPSA) is 51.2 Å². The zero-order valence-corrected chi connectivity index (χ0v) is 13.7. The van der Waals surface area contributed by atoms with Crippen LogP contribution in [0.25, 0.3) is 10.1 Å². The second kappa shape index (κ2) is 6.12. The van der Waals surface area contributed by atoms with E-state index < -0.39 is 0 Å². The lowest BCUT2D eigenvalue weighted by Gasteiger charge is -2.02. The zero-order chi connectivity index (χ0) is 15.7. The minimum Gasteiger partial charge on any atom is -0.495 e. The molecule has 2 aromatic heterocycles. The van der Waals surface area contributed by atoms with Crippen LogP contribution in [-0.4, -0.2) is 18.0 Å². The predicted molar refractivity (Wildman–Crippen MR) is 90.6 cm³/mol. The molecule has 1 aromatic carbocycles. The number of rotatable bonds is 3. The summed E-state index contributed by atoms with van der Waals surface area (Å²) in [5.41, 5.74) is 0. The Morgan fingerprint density at radius 2 is 2.05 bits per heavy atom. The molecule has 0 saturated heterocycles. The van der Waals surface area contributed by atoms with Gasteiger partial charge in [0, 0.05) is 11.6 Å². The van der Waals surface area contributed by atoms with E-state index in [9.17, 15) is 4.79 Å². The Morgan fingerprint density at radius 1 is 1.23 bits per heavy atom. The second-order valence-corrected chi connectivity index (χ2v) is 6.15. The quantitative estimate of drug-likeness (QED) is 0.731. The van der Waals surface area contributed by atoms with Crippen molar-refractivity contribution in [3.8, 4) is 5.75 Å². The third-order valence-electron chi connectivity index (χ3n) is 3.03. The molecule has 22 heavy (non-hydrogen) atoms. The van der Waals surface area contributed by atoms with Crippen LogP contribution in [0.3, 0.4) is 0 Å². The Balaban J connectivity index is 2.02. The molecule has 0 unspecified atom stereocenters. The number of hydrogen-bond donors (Lipinski definition) is 1. The molecule has 0 aliphatic carbocycles. The van der Waals surface area contributed by atoms with Gasteiger partial charge in [-0.2, -0.15) is 0 Å². The number of carbonyl (C=O) groups excluding carboxylic acids is 1. The lowest BCUT2D eigenvalue weighted by molar-refractivity contribution is 0.103. The van der Waals surface area contributed by atoms with Crippen molar-refractivity contribution in [2.75, 3.05) is 12.4 Å². The van der Waals surface area contributed by atoms with Crippen molar-refractivity contribution in [3.05, 3.63) is 51.5 Å². The summed E-state index contributed by atoms with van der Waals surface area (Å²) in [6.45, 7) is 0. The summed E-state index contributed by atoms with van der Waals surface area (Å²) in [5.74, 6) is 0.688. The highest BCUT2D eigenvalue weighted by molar-refractivity contribution is 7.22. The van der Waals surface area contributed by atoms with Crippen LogP contribution in [0, 0.1) is 0 Å². The Morgan fingerprint density at radius 3 is 2.73 bits per heavy atom. The lowest BCUT2D eigenvalue weighted by Crippen LogP contribution is -2.11. The van der Waals surface area contributed by atoms with Gasteiger partial charge in [0.2, 0.25) is 0 Å². The molecule has 0 aliphatic heterocycles. The fraction of sp³-hybridized carbons (Fsp3) is 0.0667. The number of methoxy groups -OCH3 is 1. The molecule has 4 nitrogen and oxygen atoms in total. The maximum atomic E-state index is 12.4. The first-order valence-electron chi connectivity index (χ1n) is 6.28. The molecule has 7 heteroatoms. The SMILES string of the molecule is COc1ccc2c(Cl)c(C(=O)Nc3ccccn3)sc2c1Cl. The van der Waals surface area contributed by atoms with Crippen LogP contribution in [0.5, 0.6) is 5.75 Å². The van der Waals surface area contributed by atoms with E-state index >= 15 is 0 Å². The smallest absolute Gasteiger partial charge is 0.268 e. The van der Waals surface area contributed by atoms with E-state index in [2.05, 4.69) is 10.3 Å². The number of fused-ring (bicyclic) bond motifs is 1.